The number of rotatable bonds is 16. The van der Waals surface area contributed by atoms with Crippen molar-refractivity contribution in [3.05, 3.63) is 183 Å². The number of hydrogen-bond donors (Lipinski definition) is 0. The lowest BCUT2D eigenvalue weighted by molar-refractivity contribution is -0.163. The van der Waals surface area contributed by atoms with Crippen LogP contribution >= 0.6 is 23.2 Å². The highest BCUT2D eigenvalue weighted by molar-refractivity contribution is 6.42. The fourth-order valence-electron chi connectivity index (χ4n) is 7.10. The summed E-state index contributed by atoms with van der Waals surface area (Å²) in [7, 11) is 0. The number of allylic oxidation sites excluding steroid dienone is 1. The minimum atomic E-state index is -1.26. The standard InChI is InChI=1S/C51H40Cl2O11/c1-3-59-42-25-22-33-13-7-9-18-37(33)48(42)51(58)61-41-20-12-8-14-34(41)23-26-43(54)62-46(60-35-15-5-4-6-16-35)28-27-44(55)63-49-38-19-11-10-17-36(38)31(2)47(49)50(57)64-45(56)30-32-21-24-39(52)40(53)29-32/h4-26,29,46,49H,3,27-28,30H2,1-2H3/b26-23+. The Balaban J connectivity index is 1.03. The van der Waals surface area contributed by atoms with E-state index in [2.05, 4.69) is 0 Å². The smallest absolute Gasteiger partial charge is 0.347 e. The van der Waals surface area contributed by atoms with E-state index in [1.807, 2.05) is 37.3 Å². The molecule has 0 heterocycles. The van der Waals surface area contributed by atoms with Gasteiger partial charge in [-0.2, -0.15) is 0 Å². The molecule has 13 heteroatoms. The van der Waals surface area contributed by atoms with Crippen molar-refractivity contribution in [3.63, 3.8) is 0 Å². The van der Waals surface area contributed by atoms with Crippen molar-refractivity contribution in [1.29, 1.82) is 0 Å². The Kier molecular flexibility index (Phi) is 14.6. The number of benzene rings is 6. The van der Waals surface area contributed by atoms with Gasteiger partial charge in [0.05, 0.1) is 35.1 Å². The molecule has 11 nitrogen and oxygen atoms in total. The van der Waals surface area contributed by atoms with Crippen molar-refractivity contribution in [2.24, 2.45) is 0 Å². The van der Waals surface area contributed by atoms with Crippen molar-refractivity contribution in [2.75, 3.05) is 6.61 Å². The zero-order valence-electron chi connectivity index (χ0n) is 34.6. The molecule has 2 atom stereocenters. The van der Waals surface area contributed by atoms with E-state index < -0.39 is 42.2 Å². The van der Waals surface area contributed by atoms with Gasteiger partial charge >= 0.3 is 29.8 Å². The van der Waals surface area contributed by atoms with Crippen LogP contribution < -0.4 is 14.2 Å². The van der Waals surface area contributed by atoms with Crippen LogP contribution in [0.5, 0.6) is 17.2 Å². The molecule has 0 saturated heterocycles. The molecule has 1 aliphatic rings. The van der Waals surface area contributed by atoms with E-state index >= 15 is 0 Å². The molecule has 0 spiro atoms. The summed E-state index contributed by atoms with van der Waals surface area (Å²) >= 11 is 12.1. The third kappa shape index (κ3) is 10.9. The number of halogens is 2. The summed E-state index contributed by atoms with van der Waals surface area (Å²) in [5.41, 5.74) is 2.80. The normalized spacial score (nSPS) is 13.5. The first-order valence-corrected chi connectivity index (χ1v) is 21.0. The van der Waals surface area contributed by atoms with Gasteiger partial charge in [-0.3, -0.25) is 9.59 Å². The van der Waals surface area contributed by atoms with Crippen LogP contribution in [0.15, 0.2) is 145 Å². The lowest BCUT2D eigenvalue weighted by Gasteiger charge is -2.20. The van der Waals surface area contributed by atoms with E-state index in [9.17, 15) is 24.0 Å². The van der Waals surface area contributed by atoms with Gasteiger partial charge in [-0.25, -0.2) is 14.4 Å². The SMILES string of the molecule is CCOc1ccc2ccccc2c1C(=O)Oc1ccccc1/C=C/C(=O)OC(CCC(=O)OC1C(C(=O)OC(=O)Cc2ccc(Cl)c(Cl)c2)=C(C)c2ccccc21)Oc1ccccc1. The first-order chi connectivity index (χ1) is 31.0. The molecule has 324 valence electrons. The van der Waals surface area contributed by atoms with Gasteiger partial charge in [0.25, 0.3) is 0 Å². The molecule has 1 aliphatic carbocycles. The van der Waals surface area contributed by atoms with Crippen molar-refractivity contribution >= 4 is 75.5 Å². The van der Waals surface area contributed by atoms with Crippen LogP contribution in [0.4, 0.5) is 0 Å². The quantitative estimate of drug-likeness (QED) is 0.0229. The molecule has 0 aromatic heterocycles. The van der Waals surface area contributed by atoms with E-state index in [1.165, 1.54) is 18.2 Å². The van der Waals surface area contributed by atoms with Crippen molar-refractivity contribution < 1.29 is 52.4 Å². The number of carbonyl (C=O) groups is 5. The van der Waals surface area contributed by atoms with Gasteiger partial charge in [-0.1, -0.05) is 120 Å². The predicted molar refractivity (Wildman–Crippen MR) is 241 cm³/mol. The highest BCUT2D eigenvalue weighted by Crippen LogP contribution is 2.43. The second kappa shape index (κ2) is 20.8. The van der Waals surface area contributed by atoms with Crippen LogP contribution in [0.2, 0.25) is 10.0 Å². The van der Waals surface area contributed by atoms with E-state index in [0.717, 1.165) is 11.5 Å². The molecule has 0 bridgehead atoms. The lowest BCUT2D eigenvalue weighted by atomic mass is 10.0. The van der Waals surface area contributed by atoms with Crippen LogP contribution in [0, 0.1) is 0 Å². The summed E-state index contributed by atoms with van der Waals surface area (Å²) in [5.74, 6) is -3.09. The summed E-state index contributed by atoms with van der Waals surface area (Å²) < 4.78 is 34.5. The maximum Gasteiger partial charge on any atom is 0.347 e. The van der Waals surface area contributed by atoms with Gasteiger partial charge in [0.2, 0.25) is 6.29 Å². The highest BCUT2D eigenvalue weighted by atomic mass is 35.5. The monoisotopic (exact) mass is 898 g/mol. The predicted octanol–water partition coefficient (Wildman–Crippen LogP) is 10.9. The third-order valence-electron chi connectivity index (χ3n) is 10.1. The van der Waals surface area contributed by atoms with Gasteiger partial charge < -0.3 is 28.4 Å². The molecule has 6 aromatic carbocycles. The van der Waals surface area contributed by atoms with Gasteiger partial charge in [-0.05, 0) is 83.8 Å². The van der Waals surface area contributed by atoms with Gasteiger partial charge in [0, 0.05) is 23.6 Å². The Bertz CT molecular complexity index is 2800. The molecule has 0 radical (unpaired) electrons. The third-order valence-corrected chi connectivity index (χ3v) is 10.8. The molecular weight excluding hydrogens is 859 g/mol. The maximum absolute atomic E-state index is 13.7. The minimum absolute atomic E-state index is 0.0106. The second-order valence-electron chi connectivity index (χ2n) is 14.4. The minimum Gasteiger partial charge on any atom is -0.493 e. The summed E-state index contributed by atoms with van der Waals surface area (Å²) in [5, 5.41) is 2.05. The summed E-state index contributed by atoms with van der Waals surface area (Å²) in [6.07, 6.45) is -0.568. The molecule has 7 rings (SSSR count). The van der Waals surface area contributed by atoms with Gasteiger partial charge in [0.1, 0.15) is 22.8 Å². The Morgan fingerprint density at radius 2 is 1.47 bits per heavy atom. The first-order valence-electron chi connectivity index (χ1n) is 20.2. The van der Waals surface area contributed by atoms with Gasteiger partial charge in [0.15, 0.2) is 6.10 Å². The first kappa shape index (κ1) is 44.8. The van der Waals surface area contributed by atoms with E-state index in [4.69, 9.17) is 51.6 Å². The Hall–Kier alpha value is -7.21. The summed E-state index contributed by atoms with van der Waals surface area (Å²) in [6, 6.07) is 37.9. The van der Waals surface area contributed by atoms with Crippen LogP contribution in [-0.2, 0) is 39.8 Å². The summed E-state index contributed by atoms with van der Waals surface area (Å²) in [6.45, 7) is 3.84. The molecule has 0 amide bonds. The van der Waals surface area contributed by atoms with Crippen LogP contribution in [0.25, 0.3) is 22.4 Å². The lowest BCUT2D eigenvalue weighted by Crippen LogP contribution is -2.26. The largest absolute Gasteiger partial charge is 0.493 e. The molecule has 6 aromatic rings. The zero-order valence-corrected chi connectivity index (χ0v) is 36.1. The molecule has 0 saturated carbocycles. The number of ether oxygens (including phenoxy) is 6. The zero-order chi connectivity index (χ0) is 45.2. The Labute approximate surface area is 378 Å². The van der Waals surface area contributed by atoms with E-state index in [0.29, 0.717) is 56.3 Å². The topological polar surface area (TPSA) is 141 Å². The van der Waals surface area contributed by atoms with Crippen LogP contribution in [0.3, 0.4) is 0 Å². The fourth-order valence-corrected chi connectivity index (χ4v) is 7.42. The molecular formula is C51H40Cl2O11. The molecule has 2 unspecified atom stereocenters. The molecule has 64 heavy (non-hydrogen) atoms. The van der Waals surface area contributed by atoms with E-state index in [1.54, 1.807) is 97.9 Å². The molecule has 0 N–H and O–H groups in total. The fraction of sp³-hybridized carbons (Fsp3) is 0.157. The number of fused-ring (bicyclic) bond motifs is 2. The average Bonchev–Trinajstić information content (AvgIpc) is 3.56. The average molecular weight is 900 g/mol. The second-order valence-corrected chi connectivity index (χ2v) is 15.2. The number of carbonyl (C=O) groups excluding carboxylic acids is 5. The van der Waals surface area contributed by atoms with Crippen molar-refractivity contribution in [1.82, 2.24) is 0 Å². The Morgan fingerprint density at radius 3 is 2.27 bits per heavy atom. The van der Waals surface area contributed by atoms with Crippen LogP contribution in [-0.4, -0.2) is 42.7 Å². The van der Waals surface area contributed by atoms with E-state index in [-0.39, 0.29) is 41.2 Å². The van der Waals surface area contributed by atoms with Crippen molar-refractivity contribution in [2.45, 2.75) is 45.5 Å². The molecule has 0 fully saturated rings. The molecule has 0 aliphatic heterocycles. The number of esters is 5. The van der Waals surface area contributed by atoms with Crippen LogP contribution in [0.1, 0.15) is 65.4 Å². The highest BCUT2D eigenvalue weighted by Gasteiger charge is 2.38. The van der Waals surface area contributed by atoms with Crippen molar-refractivity contribution in [3.8, 4) is 17.2 Å². The summed E-state index contributed by atoms with van der Waals surface area (Å²) in [4.78, 5) is 67.1. The van der Waals surface area contributed by atoms with Gasteiger partial charge in [-0.15, -0.1) is 0 Å². The maximum atomic E-state index is 13.7. The number of hydrogen-bond acceptors (Lipinski definition) is 11. The Morgan fingerprint density at radius 1 is 0.734 bits per heavy atom. The number of para-hydroxylation sites is 2.